The first-order valence-electron chi connectivity index (χ1n) is 17.6. The Hall–Kier alpha value is -7.04. The molecule has 0 saturated carbocycles. The van der Waals surface area contributed by atoms with Crippen LogP contribution in [0.15, 0.2) is 194 Å². The normalized spacial score (nSPS) is 11.5. The van der Waals surface area contributed by atoms with Crippen LogP contribution in [0, 0.1) is 0 Å². The van der Waals surface area contributed by atoms with E-state index in [1.807, 2.05) is 6.07 Å². The molecule has 10 aromatic rings. The molecule has 244 valence electrons. The van der Waals surface area contributed by atoms with E-state index in [1.54, 1.807) is 0 Å². The second-order valence-corrected chi connectivity index (χ2v) is 13.0. The van der Waals surface area contributed by atoms with Crippen molar-refractivity contribution in [3.8, 4) is 28.3 Å². The molecular weight excluding hydrogens is 633 g/mol. The maximum Gasteiger partial charge on any atom is 0.147 e. The number of imidazole rings is 1. The van der Waals surface area contributed by atoms with Crippen molar-refractivity contribution in [2.45, 2.75) is 0 Å². The lowest BCUT2D eigenvalue weighted by molar-refractivity contribution is 1.10. The van der Waals surface area contributed by atoms with Crippen LogP contribution in [-0.4, -0.2) is 14.5 Å². The van der Waals surface area contributed by atoms with Crippen LogP contribution in [0.3, 0.4) is 0 Å². The van der Waals surface area contributed by atoms with Gasteiger partial charge in [0.15, 0.2) is 0 Å². The zero-order valence-corrected chi connectivity index (χ0v) is 28.3. The summed E-state index contributed by atoms with van der Waals surface area (Å²) in [6.07, 6.45) is 0. The molecule has 10 rings (SSSR count). The Morgan fingerprint density at radius 1 is 0.423 bits per heavy atom. The number of hydrogen-bond acceptors (Lipinski definition) is 3. The molecule has 0 atom stereocenters. The number of benzene rings is 8. The molecule has 0 N–H and O–H groups in total. The first-order chi connectivity index (χ1) is 25.8. The van der Waals surface area contributed by atoms with Gasteiger partial charge < -0.3 is 4.90 Å². The third-order valence-corrected chi connectivity index (χ3v) is 9.96. The smallest absolute Gasteiger partial charge is 0.147 e. The molecule has 8 aromatic carbocycles. The minimum absolute atomic E-state index is 0.868. The van der Waals surface area contributed by atoms with Gasteiger partial charge in [0, 0.05) is 50.0 Å². The summed E-state index contributed by atoms with van der Waals surface area (Å²) in [5, 5.41) is 5.83. The molecule has 52 heavy (non-hydrogen) atoms. The highest BCUT2D eigenvalue weighted by atomic mass is 15.1. The fraction of sp³-hybridized carbons (Fsp3) is 0. The number of anilines is 3. The molecule has 0 unspecified atom stereocenters. The minimum atomic E-state index is 0.868. The van der Waals surface area contributed by atoms with Gasteiger partial charge in [-0.2, -0.15) is 0 Å². The quantitative estimate of drug-likeness (QED) is 0.166. The molecule has 4 nitrogen and oxygen atoms in total. The van der Waals surface area contributed by atoms with E-state index in [1.165, 1.54) is 16.2 Å². The fourth-order valence-corrected chi connectivity index (χ4v) is 7.61. The van der Waals surface area contributed by atoms with Crippen molar-refractivity contribution in [1.82, 2.24) is 14.5 Å². The van der Waals surface area contributed by atoms with Gasteiger partial charge in [-0.15, -0.1) is 0 Å². The number of rotatable bonds is 6. The largest absolute Gasteiger partial charge is 0.311 e. The van der Waals surface area contributed by atoms with Gasteiger partial charge in [0.05, 0.1) is 22.2 Å². The van der Waals surface area contributed by atoms with Gasteiger partial charge in [-0.05, 0) is 77.5 Å². The third-order valence-electron chi connectivity index (χ3n) is 9.96. The summed E-state index contributed by atoms with van der Waals surface area (Å²) in [7, 11) is 0. The summed E-state index contributed by atoms with van der Waals surface area (Å²) < 4.78 is 2.26. The standard InChI is InChI=1S/C48H32N4/c1-4-16-35(17-5-1)51(36-18-6-2-7-19-36)38-30-27-34(28-31-38)46-41-32-29-33-15-10-11-22-39(33)45(41)40-23-14-24-42(47(40)50-46)48-49-43-25-12-13-26-44(43)52(48)37-20-8-3-9-21-37/h1-32H. The van der Waals surface area contributed by atoms with Crippen LogP contribution in [0.1, 0.15) is 0 Å². The second kappa shape index (κ2) is 12.4. The molecule has 4 heteroatoms. The number of hydrogen-bond donors (Lipinski definition) is 0. The first-order valence-corrected chi connectivity index (χ1v) is 17.6. The second-order valence-electron chi connectivity index (χ2n) is 13.0. The monoisotopic (exact) mass is 664 g/mol. The lowest BCUT2D eigenvalue weighted by Gasteiger charge is -2.25. The number of pyridine rings is 1. The van der Waals surface area contributed by atoms with E-state index < -0.39 is 0 Å². The molecular formula is C48H32N4. The van der Waals surface area contributed by atoms with E-state index in [-0.39, 0.29) is 0 Å². The van der Waals surface area contributed by atoms with Crippen LogP contribution in [-0.2, 0) is 0 Å². The van der Waals surface area contributed by atoms with Crippen molar-refractivity contribution < 1.29 is 0 Å². The summed E-state index contributed by atoms with van der Waals surface area (Å²) >= 11 is 0. The lowest BCUT2D eigenvalue weighted by Crippen LogP contribution is -2.09. The van der Waals surface area contributed by atoms with Crippen LogP contribution in [0.5, 0.6) is 0 Å². The van der Waals surface area contributed by atoms with E-state index in [0.717, 1.165) is 72.7 Å². The van der Waals surface area contributed by atoms with Crippen LogP contribution < -0.4 is 4.90 Å². The summed E-state index contributed by atoms with van der Waals surface area (Å²) in [5.74, 6) is 0.868. The Morgan fingerprint density at radius 3 is 1.79 bits per heavy atom. The van der Waals surface area contributed by atoms with E-state index >= 15 is 0 Å². The Balaban J connectivity index is 1.23. The van der Waals surface area contributed by atoms with Crippen molar-refractivity contribution in [3.05, 3.63) is 194 Å². The highest BCUT2D eigenvalue weighted by Gasteiger charge is 2.21. The Bertz CT molecular complexity index is 2840. The molecule has 0 bridgehead atoms. The molecule has 0 aliphatic rings. The van der Waals surface area contributed by atoms with Crippen LogP contribution in [0.4, 0.5) is 17.1 Å². The topological polar surface area (TPSA) is 34.0 Å². The molecule has 2 aromatic heterocycles. The van der Waals surface area contributed by atoms with Gasteiger partial charge in [-0.3, -0.25) is 4.57 Å². The molecule has 2 heterocycles. The summed E-state index contributed by atoms with van der Waals surface area (Å²) in [5.41, 5.74) is 10.3. The molecule has 0 radical (unpaired) electrons. The van der Waals surface area contributed by atoms with Gasteiger partial charge in [-0.1, -0.05) is 127 Å². The van der Waals surface area contributed by atoms with Gasteiger partial charge >= 0.3 is 0 Å². The van der Waals surface area contributed by atoms with Crippen LogP contribution in [0.25, 0.3) is 71.8 Å². The Labute approximate surface area is 301 Å². The lowest BCUT2D eigenvalue weighted by atomic mass is 9.94. The van der Waals surface area contributed by atoms with Gasteiger partial charge in [0.25, 0.3) is 0 Å². The van der Waals surface area contributed by atoms with Gasteiger partial charge in [-0.25, -0.2) is 9.97 Å². The van der Waals surface area contributed by atoms with Crippen molar-refractivity contribution in [2.75, 3.05) is 4.90 Å². The highest BCUT2D eigenvalue weighted by Crippen LogP contribution is 2.42. The molecule has 0 aliphatic carbocycles. The predicted octanol–water partition coefficient (Wildman–Crippen LogP) is 12.7. The van der Waals surface area contributed by atoms with Gasteiger partial charge in [0.1, 0.15) is 5.82 Å². The van der Waals surface area contributed by atoms with E-state index in [4.69, 9.17) is 9.97 Å². The molecule has 0 fully saturated rings. The van der Waals surface area contributed by atoms with E-state index in [9.17, 15) is 0 Å². The SMILES string of the molecule is c1ccc(N(c2ccccc2)c2ccc(-c3nc4c(-c5nc6ccccc6n5-c5ccccc5)cccc4c4c3ccc3ccccc34)cc2)cc1. The van der Waals surface area contributed by atoms with Crippen molar-refractivity contribution >= 4 is 60.5 Å². The number of fused-ring (bicyclic) bond motifs is 6. The molecule has 0 saturated heterocycles. The van der Waals surface area contributed by atoms with Crippen LogP contribution >= 0.6 is 0 Å². The maximum absolute atomic E-state index is 5.59. The summed E-state index contributed by atoms with van der Waals surface area (Å²) in [4.78, 5) is 13.1. The van der Waals surface area contributed by atoms with Crippen molar-refractivity contribution in [1.29, 1.82) is 0 Å². The van der Waals surface area contributed by atoms with Crippen molar-refractivity contribution in [2.24, 2.45) is 0 Å². The predicted molar refractivity (Wildman–Crippen MR) is 217 cm³/mol. The number of para-hydroxylation sites is 6. The number of aromatic nitrogens is 3. The minimum Gasteiger partial charge on any atom is -0.311 e. The highest BCUT2D eigenvalue weighted by molar-refractivity contribution is 6.23. The molecule has 0 spiro atoms. The summed E-state index contributed by atoms with van der Waals surface area (Å²) in [6, 6.07) is 68.3. The Morgan fingerprint density at radius 2 is 1.04 bits per heavy atom. The van der Waals surface area contributed by atoms with E-state index in [0.29, 0.717) is 0 Å². The maximum atomic E-state index is 5.59. The zero-order chi connectivity index (χ0) is 34.4. The van der Waals surface area contributed by atoms with Crippen molar-refractivity contribution in [3.63, 3.8) is 0 Å². The van der Waals surface area contributed by atoms with Crippen LogP contribution in [0.2, 0.25) is 0 Å². The number of nitrogens with zero attached hydrogens (tertiary/aromatic N) is 4. The van der Waals surface area contributed by atoms with Gasteiger partial charge in [0.2, 0.25) is 0 Å². The fourth-order valence-electron chi connectivity index (χ4n) is 7.61. The Kier molecular flexibility index (Phi) is 7.10. The molecule has 0 amide bonds. The summed E-state index contributed by atoms with van der Waals surface area (Å²) in [6.45, 7) is 0. The zero-order valence-electron chi connectivity index (χ0n) is 28.3. The average Bonchev–Trinajstić information content (AvgIpc) is 3.61. The average molecular weight is 665 g/mol. The third kappa shape index (κ3) is 4.92. The van der Waals surface area contributed by atoms with E-state index in [2.05, 4.69) is 198 Å². The first kappa shape index (κ1) is 29.8. The molecule has 0 aliphatic heterocycles.